The molecule has 0 aliphatic rings. The Hall–Kier alpha value is -4.97. The standard InChI is InChI=1S/C74H118O6/c1-4-7-10-13-16-19-22-25-27-29-31-33-34-35-36-37-38-39-40-42-43-45-47-49-52-55-58-61-64-67-73(76)79-70-71(69-78-72(75)66-63-60-57-54-51-24-21-18-15-12-9-6-3)80-74(77)68-65-62-59-56-53-50-48-46-44-41-32-30-28-26-23-20-17-14-11-8-5-2/h7-8,10-11,16-17,19-20,25-28,31-33,35-36,38-39,41-43,47,49,55,58,71H,4-6,9,12-15,18,21-24,29-30,34,37,40,44-46,48,50-54,56-57,59-70H2,1-3H3/b10-7-,11-8-,19-16-,20-17-,27-25-,28-26-,33-31-,36-35-,39-38-,41-32-,43-42-,49-47-,58-55-. The minimum Gasteiger partial charge on any atom is -0.462 e. The molecule has 0 aromatic heterocycles. The number of rotatable bonds is 57. The molecular weight excluding hydrogens is 985 g/mol. The second-order valence-electron chi connectivity index (χ2n) is 20.9. The van der Waals surface area contributed by atoms with Crippen LogP contribution in [-0.2, 0) is 28.6 Å². The zero-order valence-corrected chi connectivity index (χ0v) is 51.5. The van der Waals surface area contributed by atoms with E-state index in [-0.39, 0.29) is 37.5 Å². The molecule has 0 N–H and O–H groups in total. The Morgan fingerprint density at radius 3 is 0.812 bits per heavy atom. The Labute approximate surface area is 492 Å². The van der Waals surface area contributed by atoms with Gasteiger partial charge in [-0.05, 0) is 122 Å². The first-order chi connectivity index (χ1) is 39.5. The highest BCUT2D eigenvalue weighted by atomic mass is 16.6. The van der Waals surface area contributed by atoms with Gasteiger partial charge in [-0.15, -0.1) is 0 Å². The fraction of sp³-hybridized carbons (Fsp3) is 0.608. The SMILES string of the molecule is CC/C=C\C/C=C\C/C=C\C/C=C\C/C=C\C/C=C\C/C=C\C/C=C\C/C=C\CCCC(=O)OCC(COC(=O)CCCCCCCCCCCCCC)OC(=O)CCCCCCCCCC/C=C\C/C=C\C/C=C\C/C=C\CC. The summed E-state index contributed by atoms with van der Waals surface area (Å²) >= 11 is 0. The molecule has 0 spiro atoms. The zero-order chi connectivity index (χ0) is 57.8. The van der Waals surface area contributed by atoms with E-state index in [0.29, 0.717) is 19.3 Å². The molecule has 0 fully saturated rings. The first-order valence-corrected chi connectivity index (χ1v) is 32.5. The minimum atomic E-state index is -0.813. The van der Waals surface area contributed by atoms with Crippen molar-refractivity contribution in [3.63, 3.8) is 0 Å². The van der Waals surface area contributed by atoms with Crippen molar-refractivity contribution in [2.45, 2.75) is 277 Å². The van der Waals surface area contributed by atoms with Crippen LogP contribution < -0.4 is 0 Å². The quantitative estimate of drug-likeness (QED) is 0.0261. The van der Waals surface area contributed by atoms with Crippen LogP contribution >= 0.6 is 0 Å². The molecule has 0 heterocycles. The van der Waals surface area contributed by atoms with E-state index in [2.05, 4.69) is 179 Å². The Morgan fingerprint density at radius 1 is 0.263 bits per heavy atom. The number of ether oxygens (including phenoxy) is 3. The first kappa shape index (κ1) is 75.0. The molecular formula is C74H118O6. The second-order valence-corrected chi connectivity index (χ2v) is 20.9. The third-order valence-electron chi connectivity index (χ3n) is 13.3. The summed E-state index contributed by atoms with van der Waals surface area (Å²) in [4.78, 5) is 38.3. The van der Waals surface area contributed by atoms with Crippen LogP contribution in [0.3, 0.4) is 0 Å². The number of hydrogen-bond acceptors (Lipinski definition) is 6. The van der Waals surface area contributed by atoms with Crippen LogP contribution in [0.25, 0.3) is 0 Å². The molecule has 6 heteroatoms. The van der Waals surface area contributed by atoms with Crippen molar-refractivity contribution in [1.29, 1.82) is 0 Å². The molecule has 0 bridgehead atoms. The fourth-order valence-electron chi connectivity index (χ4n) is 8.49. The van der Waals surface area contributed by atoms with Gasteiger partial charge in [-0.1, -0.05) is 288 Å². The van der Waals surface area contributed by atoms with E-state index in [1.54, 1.807) is 0 Å². The van der Waals surface area contributed by atoms with Crippen molar-refractivity contribution >= 4 is 17.9 Å². The van der Waals surface area contributed by atoms with Gasteiger partial charge in [0.2, 0.25) is 0 Å². The normalized spacial score (nSPS) is 13.2. The highest BCUT2D eigenvalue weighted by Gasteiger charge is 2.19. The number of carbonyl (C=O) groups excluding carboxylic acids is 3. The molecule has 0 aliphatic heterocycles. The van der Waals surface area contributed by atoms with Gasteiger partial charge in [0, 0.05) is 19.3 Å². The second kappa shape index (κ2) is 66.5. The Kier molecular flexibility index (Phi) is 62.4. The molecule has 6 nitrogen and oxygen atoms in total. The van der Waals surface area contributed by atoms with Gasteiger partial charge in [0.15, 0.2) is 6.10 Å². The number of allylic oxidation sites excluding steroid dienone is 26. The van der Waals surface area contributed by atoms with E-state index in [4.69, 9.17) is 14.2 Å². The zero-order valence-electron chi connectivity index (χ0n) is 51.5. The molecule has 1 unspecified atom stereocenters. The lowest BCUT2D eigenvalue weighted by atomic mass is 10.0. The third-order valence-corrected chi connectivity index (χ3v) is 13.3. The van der Waals surface area contributed by atoms with Crippen molar-refractivity contribution in [2.24, 2.45) is 0 Å². The third kappa shape index (κ3) is 63.9. The van der Waals surface area contributed by atoms with Crippen molar-refractivity contribution in [3.05, 3.63) is 158 Å². The Balaban J connectivity index is 4.45. The topological polar surface area (TPSA) is 78.9 Å². The maximum Gasteiger partial charge on any atom is 0.306 e. The molecule has 0 aromatic rings. The van der Waals surface area contributed by atoms with Crippen LogP contribution in [0.1, 0.15) is 271 Å². The van der Waals surface area contributed by atoms with Crippen LogP contribution in [0.4, 0.5) is 0 Å². The first-order valence-electron chi connectivity index (χ1n) is 32.5. The van der Waals surface area contributed by atoms with E-state index in [1.807, 2.05) is 0 Å². The van der Waals surface area contributed by atoms with Gasteiger partial charge >= 0.3 is 17.9 Å². The molecule has 0 aliphatic carbocycles. The van der Waals surface area contributed by atoms with Gasteiger partial charge in [-0.3, -0.25) is 14.4 Å². The summed E-state index contributed by atoms with van der Waals surface area (Å²) in [5.41, 5.74) is 0. The van der Waals surface area contributed by atoms with Crippen molar-refractivity contribution < 1.29 is 28.6 Å². The van der Waals surface area contributed by atoms with Gasteiger partial charge in [-0.25, -0.2) is 0 Å². The summed E-state index contributed by atoms with van der Waals surface area (Å²) in [6, 6.07) is 0. The highest BCUT2D eigenvalue weighted by Crippen LogP contribution is 2.15. The lowest BCUT2D eigenvalue weighted by Gasteiger charge is -2.18. The predicted octanol–water partition coefficient (Wildman–Crippen LogP) is 22.5. The van der Waals surface area contributed by atoms with E-state index in [9.17, 15) is 14.4 Å². The van der Waals surface area contributed by atoms with E-state index in [1.165, 1.54) is 89.9 Å². The van der Waals surface area contributed by atoms with E-state index < -0.39 is 6.10 Å². The molecule has 450 valence electrons. The van der Waals surface area contributed by atoms with Crippen molar-refractivity contribution in [2.75, 3.05) is 13.2 Å². The van der Waals surface area contributed by atoms with E-state index >= 15 is 0 Å². The lowest BCUT2D eigenvalue weighted by molar-refractivity contribution is -0.167. The monoisotopic (exact) mass is 1100 g/mol. The van der Waals surface area contributed by atoms with Crippen LogP contribution in [0.15, 0.2) is 158 Å². The molecule has 0 rings (SSSR count). The van der Waals surface area contributed by atoms with Crippen molar-refractivity contribution in [1.82, 2.24) is 0 Å². The number of carbonyl (C=O) groups is 3. The summed E-state index contributed by atoms with van der Waals surface area (Å²) in [5.74, 6) is -0.975. The van der Waals surface area contributed by atoms with Crippen LogP contribution in [0.2, 0.25) is 0 Å². The highest BCUT2D eigenvalue weighted by molar-refractivity contribution is 5.71. The van der Waals surface area contributed by atoms with Crippen LogP contribution in [-0.4, -0.2) is 37.2 Å². The van der Waals surface area contributed by atoms with Crippen molar-refractivity contribution in [3.8, 4) is 0 Å². The van der Waals surface area contributed by atoms with E-state index in [0.717, 1.165) is 135 Å². The van der Waals surface area contributed by atoms with Crippen LogP contribution in [0, 0.1) is 0 Å². The molecule has 0 radical (unpaired) electrons. The van der Waals surface area contributed by atoms with Gasteiger partial charge in [0.1, 0.15) is 13.2 Å². The number of hydrogen-bond donors (Lipinski definition) is 0. The summed E-state index contributed by atoms with van der Waals surface area (Å²) in [6.07, 6.45) is 96.8. The van der Waals surface area contributed by atoms with Gasteiger partial charge in [0.05, 0.1) is 0 Å². The predicted molar refractivity (Wildman–Crippen MR) is 348 cm³/mol. The maximum absolute atomic E-state index is 12.9. The Bertz CT molecular complexity index is 1790. The fourth-order valence-corrected chi connectivity index (χ4v) is 8.49. The minimum absolute atomic E-state index is 0.103. The summed E-state index contributed by atoms with van der Waals surface area (Å²) < 4.78 is 16.9. The smallest absolute Gasteiger partial charge is 0.306 e. The molecule has 0 amide bonds. The number of unbranched alkanes of at least 4 members (excludes halogenated alkanes) is 20. The molecule has 0 saturated carbocycles. The molecule has 80 heavy (non-hydrogen) atoms. The molecule has 0 aromatic carbocycles. The lowest BCUT2D eigenvalue weighted by Crippen LogP contribution is -2.30. The van der Waals surface area contributed by atoms with Gasteiger partial charge in [-0.2, -0.15) is 0 Å². The average molecular weight is 1100 g/mol. The largest absolute Gasteiger partial charge is 0.462 e. The number of esters is 3. The summed E-state index contributed by atoms with van der Waals surface area (Å²) in [7, 11) is 0. The maximum atomic E-state index is 12.9. The molecule has 0 saturated heterocycles. The van der Waals surface area contributed by atoms with Crippen LogP contribution in [0.5, 0.6) is 0 Å². The average Bonchev–Trinajstić information content (AvgIpc) is 3.46. The van der Waals surface area contributed by atoms with Gasteiger partial charge < -0.3 is 14.2 Å². The summed E-state index contributed by atoms with van der Waals surface area (Å²) in [6.45, 7) is 6.36. The molecule has 1 atom stereocenters. The summed E-state index contributed by atoms with van der Waals surface area (Å²) in [5, 5.41) is 0. The van der Waals surface area contributed by atoms with Gasteiger partial charge in [0.25, 0.3) is 0 Å². The Morgan fingerprint density at radius 2 is 0.500 bits per heavy atom.